The minimum atomic E-state index is -1.72. The summed E-state index contributed by atoms with van der Waals surface area (Å²) in [6.07, 6.45) is 6.92. The van der Waals surface area contributed by atoms with E-state index in [2.05, 4.69) is 87.6 Å². The van der Waals surface area contributed by atoms with Crippen LogP contribution in [0.2, 0.25) is 13.1 Å². The van der Waals surface area contributed by atoms with Crippen molar-refractivity contribution in [2.75, 3.05) is 0 Å². The minimum absolute atomic E-state index is 0. The summed E-state index contributed by atoms with van der Waals surface area (Å²) >= 11 is 0. The third-order valence-corrected chi connectivity index (χ3v) is 13.6. The molecule has 2 aliphatic rings. The number of aromatic nitrogens is 1. The number of carbonyl (C=O) groups excluding carboxylic acids is 1. The molecule has 1 N–H and O–H groups in total. The van der Waals surface area contributed by atoms with Gasteiger partial charge >= 0.3 is 0 Å². The van der Waals surface area contributed by atoms with Crippen LogP contribution < -0.4 is 10.4 Å². The average molecular weight is 781 g/mol. The number of benzene rings is 3. The van der Waals surface area contributed by atoms with Crippen molar-refractivity contribution in [3.05, 3.63) is 89.8 Å². The zero-order valence-electron chi connectivity index (χ0n) is 27.5. The molecule has 3 nitrogen and oxygen atoms in total. The largest absolute Gasteiger partial charge is 0.512 e. The molecule has 1 aliphatic carbocycles. The van der Waals surface area contributed by atoms with Gasteiger partial charge < -0.3 is 10.1 Å². The Morgan fingerprint density at radius 2 is 1.55 bits per heavy atom. The second kappa shape index (κ2) is 13.2. The van der Waals surface area contributed by atoms with E-state index in [0.29, 0.717) is 0 Å². The Labute approximate surface area is 278 Å². The van der Waals surface area contributed by atoms with E-state index in [1.807, 2.05) is 33.9 Å². The second-order valence-corrected chi connectivity index (χ2v) is 17.5. The molecule has 0 fully saturated rings. The van der Waals surface area contributed by atoms with Crippen LogP contribution in [0, 0.1) is 17.9 Å². The molecule has 0 unspecified atom stereocenters. The van der Waals surface area contributed by atoms with Gasteiger partial charge in [0.1, 0.15) is 8.07 Å². The van der Waals surface area contributed by atoms with E-state index < -0.39 is 8.07 Å². The van der Waals surface area contributed by atoms with Gasteiger partial charge in [0, 0.05) is 44.2 Å². The summed E-state index contributed by atoms with van der Waals surface area (Å²) in [7, 11) is -1.72. The third-order valence-electron chi connectivity index (χ3n) is 10.1. The number of ketones is 1. The van der Waals surface area contributed by atoms with Crippen molar-refractivity contribution >= 4 is 35.0 Å². The molecule has 2 heterocycles. The quantitative estimate of drug-likeness (QED) is 0.0882. The molecule has 3 aromatic carbocycles. The molecule has 1 aliphatic heterocycles. The molecule has 1 radical (unpaired) electrons. The maximum Gasteiger partial charge on any atom is 0.162 e. The molecule has 0 bridgehead atoms. The van der Waals surface area contributed by atoms with Crippen LogP contribution in [-0.2, 0) is 30.3 Å². The number of fused-ring (bicyclic) bond motifs is 4. The summed E-state index contributed by atoms with van der Waals surface area (Å²) in [5.74, 6) is 0.547. The zero-order valence-corrected chi connectivity index (χ0v) is 30.9. The van der Waals surface area contributed by atoms with Gasteiger partial charge in [-0.25, -0.2) is 0 Å². The molecule has 44 heavy (non-hydrogen) atoms. The Balaban J connectivity index is 0.000000239. The molecule has 4 aromatic rings. The number of aliphatic hydroxyl groups excluding tert-OH is 1. The molecule has 0 amide bonds. The Morgan fingerprint density at radius 3 is 2.20 bits per heavy atom. The normalized spacial score (nSPS) is 15.2. The van der Waals surface area contributed by atoms with Crippen LogP contribution in [0.1, 0.15) is 78.4 Å². The SMILES string of the molecule is CC1(C)c2cccc3c2-c2c(ccnc2-c2[c-]cc4ccccc4c21)[Si]3(C)C.CCC(CC)C(=O)/C=C(\O)C(CC)CC.[Ir]. The van der Waals surface area contributed by atoms with Gasteiger partial charge in [0.2, 0.25) is 0 Å². The van der Waals surface area contributed by atoms with Crippen molar-refractivity contribution in [1.29, 1.82) is 0 Å². The average Bonchev–Trinajstić information content (AvgIpc) is 3.19. The standard InChI is InChI=1S/C26H22NSi.C13H24O2.Ir/c1-26(2)19-10-7-11-20-22(19)23-21(28(20,3)4)14-15-27-25(23)18-13-12-16-8-5-6-9-17(16)24(18)26;1-5-10(6-2)12(14)9-13(15)11(7-3)8-4;/h5-12,14-15H,1-4H3;9-11,14H,5-8H2,1-4H3;/q-1;;/b;12-9-;. The number of allylic oxidation sites excluding steroid dienone is 2. The number of aliphatic hydroxyl groups is 1. The van der Waals surface area contributed by atoms with Crippen molar-refractivity contribution in [3.8, 4) is 22.4 Å². The van der Waals surface area contributed by atoms with Crippen molar-refractivity contribution in [3.63, 3.8) is 0 Å². The number of hydrogen-bond donors (Lipinski definition) is 1. The van der Waals surface area contributed by atoms with E-state index in [1.165, 1.54) is 49.9 Å². The predicted molar refractivity (Wildman–Crippen MR) is 184 cm³/mol. The van der Waals surface area contributed by atoms with Crippen molar-refractivity contribution in [1.82, 2.24) is 4.98 Å². The van der Waals surface area contributed by atoms with Crippen LogP contribution in [0.5, 0.6) is 0 Å². The van der Waals surface area contributed by atoms with Crippen LogP contribution in [0.3, 0.4) is 0 Å². The number of carbonyl (C=O) groups is 1. The van der Waals surface area contributed by atoms with Crippen LogP contribution in [0.15, 0.2) is 72.6 Å². The molecule has 0 saturated heterocycles. The van der Waals surface area contributed by atoms with Crippen LogP contribution in [-0.4, -0.2) is 23.9 Å². The van der Waals surface area contributed by atoms with Crippen LogP contribution >= 0.6 is 0 Å². The van der Waals surface area contributed by atoms with Crippen LogP contribution in [0.25, 0.3) is 33.2 Å². The van der Waals surface area contributed by atoms with Gasteiger partial charge in [0.15, 0.2) is 5.78 Å². The van der Waals surface area contributed by atoms with Gasteiger partial charge in [0.05, 0.1) is 5.76 Å². The first-order valence-corrected chi connectivity index (χ1v) is 19.0. The van der Waals surface area contributed by atoms with Crippen molar-refractivity contribution < 1.29 is 30.0 Å². The van der Waals surface area contributed by atoms with E-state index in [0.717, 1.165) is 31.4 Å². The van der Waals surface area contributed by atoms with E-state index in [1.54, 1.807) is 5.19 Å². The van der Waals surface area contributed by atoms with E-state index >= 15 is 0 Å². The number of hydrogen-bond acceptors (Lipinski definition) is 3. The fourth-order valence-corrected chi connectivity index (χ4v) is 10.4. The van der Waals surface area contributed by atoms with Crippen molar-refractivity contribution in [2.45, 2.75) is 85.7 Å². The fourth-order valence-electron chi connectivity index (χ4n) is 7.39. The number of nitrogens with zero attached hydrogens (tertiary/aromatic N) is 1. The van der Waals surface area contributed by atoms with E-state index in [-0.39, 0.29) is 48.9 Å². The number of rotatable bonds is 7. The van der Waals surface area contributed by atoms with Gasteiger partial charge in [-0.1, -0.05) is 113 Å². The molecule has 0 spiro atoms. The molecule has 0 atom stereocenters. The molecule has 6 rings (SSSR count). The Kier molecular flexibility index (Phi) is 10.2. The van der Waals surface area contributed by atoms with Gasteiger partial charge in [-0.3, -0.25) is 4.79 Å². The summed E-state index contributed by atoms with van der Waals surface area (Å²) < 4.78 is 0. The summed E-state index contributed by atoms with van der Waals surface area (Å²) in [6.45, 7) is 17.8. The van der Waals surface area contributed by atoms with Gasteiger partial charge in [-0.15, -0.1) is 23.3 Å². The Morgan fingerprint density at radius 1 is 0.909 bits per heavy atom. The first-order chi connectivity index (χ1) is 20.5. The monoisotopic (exact) mass is 781 g/mol. The molecule has 233 valence electrons. The van der Waals surface area contributed by atoms with Gasteiger partial charge in [-0.2, -0.15) is 0 Å². The smallest absolute Gasteiger partial charge is 0.162 e. The molecule has 5 heteroatoms. The van der Waals surface area contributed by atoms with E-state index in [9.17, 15) is 9.90 Å². The minimum Gasteiger partial charge on any atom is -0.512 e. The fraction of sp³-hybridized carbons (Fsp3) is 0.385. The Hall–Kier alpha value is -2.85. The predicted octanol–water partition coefficient (Wildman–Crippen LogP) is 9.01. The molecule has 0 saturated carbocycles. The Bertz CT molecular complexity index is 1710. The van der Waals surface area contributed by atoms with Crippen molar-refractivity contribution in [2.24, 2.45) is 11.8 Å². The molecular formula is C39H46IrNO2Si-. The first kappa shape index (κ1) is 34.0. The van der Waals surface area contributed by atoms with Gasteiger partial charge in [0.25, 0.3) is 0 Å². The summed E-state index contributed by atoms with van der Waals surface area (Å²) in [4.78, 5) is 16.7. The topological polar surface area (TPSA) is 50.2 Å². The molecule has 1 aromatic heterocycles. The van der Waals surface area contributed by atoms with Gasteiger partial charge in [-0.05, 0) is 64.7 Å². The maximum absolute atomic E-state index is 11.7. The van der Waals surface area contributed by atoms with Crippen LogP contribution in [0.4, 0.5) is 0 Å². The zero-order chi connectivity index (χ0) is 31.1. The third kappa shape index (κ3) is 5.57. The molecular weight excluding hydrogens is 735 g/mol. The second-order valence-electron chi connectivity index (χ2n) is 13.2. The first-order valence-electron chi connectivity index (χ1n) is 16.0. The summed E-state index contributed by atoms with van der Waals surface area (Å²) in [5.41, 5.74) is 7.80. The maximum atomic E-state index is 11.7. The summed E-state index contributed by atoms with van der Waals surface area (Å²) in [5, 5.41) is 15.4. The summed E-state index contributed by atoms with van der Waals surface area (Å²) in [6, 6.07) is 23.7. The number of pyridine rings is 1. The van der Waals surface area contributed by atoms with E-state index in [4.69, 9.17) is 4.98 Å².